The molecule has 6 heteroatoms. The lowest BCUT2D eigenvalue weighted by Gasteiger charge is -2.19. The standard InChI is InChI=1S/C12H16N2O3S/c1-9(15)13-10(11-4-2-7-18-11)8-12(16)14-5-3-6-17-14/h2,4,7,10H,3,5-6,8H2,1H3,(H,13,15). The molecule has 1 aromatic rings. The van der Waals surface area contributed by atoms with Crippen LogP contribution in [0, 0.1) is 0 Å². The van der Waals surface area contributed by atoms with Crippen molar-refractivity contribution in [3.63, 3.8) is 0 Å². The van der Waals surface area contributed by atoms with E-state index >= 15 is 0 Å². The molecule has 1 N–H and O–H groups in total. The van der Waals surface area contributed by atoms with Crippen LogP contribution in [0.3, 0.4) is 0 Å². The molecule has 1 unspecified atom stereocenters. The molecule has 0 aliphatic carbocycles. The Balaban J connectivity index is 2.00. The first-order valence-corrected chi connectivity index (χ1v) is 6.78. The molecular formula is C12H16N2O3S. The van der Waals surface area contributed by atoms with Gasteiger partial charge in [-0.3, -0.25) is 14.4 Å². The third-order valence-electron chi connectivity index (χ3n) is 2.67. The fourth-order valence-electron chi connectivity index (χ4n) is 1.88. The van der Waals surface area contributed by atoms with E-state index in [1.165, 1.54) is 23.3 Å². The maximum atomic E-state index is 12.0. The summed E-state index contributed by atoms with van der Waals surface area (Å²) in [5.41, 5.74) is 0. The molecule has 1 aromatic heterocycles. The molecule has 0 spiro atoms. The zero-order valence-corrected chi connectivity index (χ0v) is 11.0. The average molecular weight is 268 g/mol. The minimum Gasteiger partial charge on any atom is -0.348 e. The van der Waals surface area contributed by atoms with E-state index in [2.05, 4.69) is 5.32 Å². The Bertz CT molecular complexity index is 413. The average Bonchev–Trinajstić information content (AvgIpc) is 3.01. The Morgan fingerprint density at radius 2 is 2.44 bits per heavy atom. The van der Waals surface area contributed by atoms with Crippen LogP contribution in [0.15, 0.2) is 17.5 Å². The molecule has 0 radical (unpaired) electrons. The number of nitrogens with one attached hydrogen (secondary N) is 1. The van der Waals surface area contributed by atoms with Crippen LogP contribution >= 0.6 is 11.3 Å². The smallest absolute Gasteiger partial charge is 0.248 e. The third kappa shape index (κ3) is 3.30. The Morgan fingerprint density at radius 3 is 3.00 bits per heavy atom. The molecule has 5 nitrogen and oxygen atoms in total. The van der Waals surface area contributed by atoms with Gasteiger partial charge in [0.15, 0.2) is 0 Å². The van der Waals surface area contributed by atoms with Gasteiger partial charge in [-0.1, -0.05) is 6.07 Å². The first kappa shape index (κ1) is 13.0. The molecule has 98 valence electrons. The SMILES string of the molecule is CC(=O)NC(CC(=O)N1CCCO1)c1cccs1. The van der Waals surface area contributed by atoms with E-state index < -0.39 is 0 Å². The second kappa shape index (κ2) is 5.97. The summed E-state index contributed by atoms with van der Waals surface area (Å²) in [6.45, 7) is 2.68. The van der Waals surface area contributed by atoms with Crippen LogP contribution in [0.5, 0.6) is 0 Å². The zero-order valence-electron chi connectivity index (χ0n) is 10.2. The zero-order chi connectivity index (χ0) is 13.0. The highest BCUT2D eigenvalue weighted by molar-refractivity contribution is 7.10. The van der Waals surface area contributed by atoms with Crippen LogP contribution in [0.25, 0.3) is 0 Å². The molecule has 1 fully saturated rings. The van der Waals surface area contributed by atoms with E-state index in [1.807, 2.05) is 17.5 Å². The van der Waals surface area contributed by atoms with Crippen molar-refractivity contribution >= 4 is 23.2 Å². The van der Waals surface area contributed by atoms with Gasteiger partial charge in [0.2, 0.25) is 11.8 Å². The molecule has 1 atom stereocenters. The van der Waals surface area contributed by atoms with Gasteiger partial charge in [0.25, 0.3) is 0 Å². The van der Waals surface area contributed by atoms with Crippen molar-refractivity contribution in [2.45, 2.75) is 25.8 Å². The number of amides is 2. The lowest BCUT2D eigenvalue weighted by molar-refractivity contribution is -0.169. The number of carbonyl (C=O) groups excluding carboxylic acids is 2. The normalized spacial score (nSPS) is 16.6. The van der Waals surface area contributed by atoms with Gasteiger partial charge in [-0.25, -0.2) is 5.06 Å². The van der Waals surface area contributed by atoms with Crippen molar-refractivity contribution in [2.24, 2.45) is 0 Å². The summed E-state index contributed by atoms with van der Waals surface area (Å²) < 4.78 is 0. The fourth-order valence-corrected chi connectivity index (χ4v) is 2.66. The number of rotatable bonds is 4. The first-order chi connectivity index (χ1) is 8.66. The summed E-state index contributed by atoms with van der Waals surface area (Å²) in [4.78, 5) is 29.4. The first-order valence-electron chi connectivity index (χ1n) is 5.90. The highest BCUT2D eigenvalue weighted by Crippen LogP contribution is 2.23. The second-order valence-electron chi connectivity index (χ2n) is 4.16. The van der Waals surface area contributed by atoms with Gasteiger partial charge in [-0.05, 0) is 17.9 Å². The molecular weight excluding hydrogens is 252 g/mol. The van der Waals surface area contributed by atoms with Crippen LogP contribution in [0.1, 0.15) is 30.7 Å². The van der Waals surface area contributed by atoms with Gasteiger partial charge in [0, 0.05) is 11.8 Å². The number of thiophene rings is 1. The molecule has 1 aliphatic heterocycles. The van der Waals surface area contributed by atoms with E-state index in [0.29, 0.717) is 13.2 Å². The minimum atomic E-state index is -0.265. The number of carbonyl (C=O) groups is 2. The van der Waals surface area contributed by atoms with E-state index in [1.54, 1.807) is 0 Å². The number of nitrogens with zero attached hydrogens (tertiary/aromatic N) is 1. The van der Waals surface area contributed by atoms with Crippen molar-refractivity contribution in [2.75, 3.05) is 13.2 Å². The van der Waals surface area contributed by atoms with E-state index in [0.717, 1.165) is 11.3 Å². The van der Waals surface area contributed by atoms with Gasteiger partial charge in [0.1, 0.15) is 0 Å². The molecule has 2 amide bonds. The van der Waals surface area contributed by atoms with Crippen molar-refractivity contribution in [3.8, 4) is 0 Å². The number of hydroxylamine groups is 2. The Hall–Kier alpha value is -1.40. The Kier molecular flexibility index (Phi) is 4.33. The molecule has 0 saturated carbocycles. The Labute approximate surface area is 110 Å². The molecule has 18 heavy (non-hydrogen) atoms. The molecule has 1 aliphatic rings. The van der Waals surface area contributed by atoms with Gasteiger partial charge < -0.3 is 5.32 Å². The van der Waals surface area contributed by atoms with Crippen LogP contribution in [-0.4, -0.2) is 30.0 Å². The van der Waals surface area contributed by atoms with E-state index in [-0.39, 0.29) is 24.3 Å². The lowest BCUT2D eigenvalue weighted by Crippen LogP contribution is -2.33. The van der Waals surface area contributed by atoms with Gasteiger partial charge in [-0.2, -0.15) is 0 Å². The monoisotopic (exact) mass is 268 g/mol. The molecule has 2 heterocycles. The maximum Gasteiger partial charge on any atom is 0.248 e. The predicted molar refractivity (Wildman–Crippen MR) is 67.8 cm³/mol. The van der Waals surface area contributed by atoms with Gasteiger partial charge >= 0.3 is 0 Å². The van der Waals surface area contributed by atoms with E-state index in [9.17, 15) is 9.59 Å². The second-order valence-corrected chi connectivity index (χ2v) is 5.13. The fraction of sp³-hybridized carbons (Fsp3) is 0.500. The van der Waals surface area contributed by atoms with Crippen LogP contribution < -0.4 is 5.32 Å². The van der Waals surface area contributed by atoms with Gasteiger partial charge in [-0.15, -0.1) is 11.3 Å². The third-order valence-corrected chi connectivity index (χ3v) is 3.66. The summed E-state index contributed by atoms with van der Waals surface area (Å²) in [5.74, 6) is -0.219. The largest absolute Gasteiger partial charge is 0.348 e. The van der Waals surface area contributed by atoms with E-state index in [4.69, 9.17) is 4.84 Å². The highest BCUT2D eigenvalue weighted by atomic mass is 32.1. The van der Waals surface area contributed by atoms with Gasteiger partial charge in [0.05, 0.1) is 25.6 Å². The topological polar surface area (TPSA) is 58.6 Å². The highest BCUT2D eigenvalue weighted by Gasteiger charge is 2.24. The summed E-state index contributed by atoms with van der Waals surface area (Å²) in [6, 6.07) is 3.56. The maximum absolute atomic E-state index is 12.0. The number of hydrogen-bond acceptors (Lipinski definition) is 4. The molecule has 1 saturated heterocycles. The van der Waals surface area contributed by atoms with Crippen LogP contribution in [0.4, 0.5) is 0 Å². The quantitative estimate of drug-likeness (QED) is 0.900. The van der Waals surface area contributed by atoms with Crippen molar-refractivity contribution in [1.82, 2.24) is 10.4 Å². The summed E-state index contributed by atoms with van der Waals surface area (Å²) >= 11 is 1.53. The van der Waals surface area contributed by atoms with Crippen molar-refractivity contribution in [1.29, 1.82) is 0 Å². The number of hydrogen-bond donors (Lipinski definition) is 1. The Morgan fingerprint density at radius 1 is 1.61 bits per heavy atom. The summed E-state index contributed by atoms with van der Waals surface area (Å²) in [6.07, 6.45) is 1.11. The lowest BCUT2D eigenvalue weighted by atomic mass is 10.1. The van der Waals surface area contributed by atoms with Crippen LogP contribution in [0.2, 0.25) is 0 Å². The van der Waals surface area contributed by atoms with Crippen molar-refractivity contribution < 1.29 is 14.4 Å². The predicted octanol–water partition coefficient (Wildman–Crippen LogP) is 1.48. The minimum absolute atomic E-state index is 0.0837. The molecule has 2 rings (SSSR count). The summed E-state index contributed by atoms with van der Waals surface area (Å²) in [7, 11) is 0. The van der Waals surface area contributed by atoms with Crippen molar-refractivity contribution in [3.05, 3.63) is 22.4 Å². The molecule has 0 bridgehead atoms. The summed E-state index contributed by atoms with van der Waals surface area (Å²) in [5, 5.41) is 6.13. The van der Waals surface area contributed by atoms with Crippen LogP contribution in [-0.2, 0) is 14.4 Å². The molecule has 0 aromatic carbocycles.